The third-order valence-electron chi connectivity index (χ3n) is 12.8. The van der Waals surface area contributed by atoms with Gasteiger partial charge in [-0.3, -0.25) is 0 Å². The zero-order valence-corrected chi connectivity index (χ0v) is 35.2. The van der Waals surface area contributed by atoms with Crippen LogP contribution in [0.1, 0.15) is 63.0 Å². The first-order valence-electron chi connectivity index (χ1n) is 19.0. The molecule has 0 aliphatic heterocycles. The number of hydrogen-bond donors (Lipinski definition) is 0. The standard InChI is InChI=1S/2C17H15.C15H14.2CH3.Hf/c2*1-12-9-10-13(2)17(11-12)16-8-4-6-14-5-3-7-15(14)16;1-3-8-14(9-4-1)12-7-13-15-10-5-2-6-11-15;;;/h2*3-11H,1-2H3;1-6,8-11H,12-13H2;2*1H3;. The van der Waals surface area contributed by atoms with Gasteiger partial charge in [0.1, 0.15) is 0 Å². The van der Waals surface area contributed by atoms with Crippen LogP contribution < -0.4 is 0 Å². The third kappa shape index (κ3) is 5.92. The summed E-state index contributed by atoms with van der Waals surface area (Å²) in [5, 5.41) is 0. The first-order chi connectivity index (χ1) is 25.1. The summed E-state index contributed by atoms with van der Waals surface area (Å²) < 4.78 is 8.14. The maximum absolute atomic E-state index is 4.47. The Morgan fingerprint density at radius 2 is 0.885 bits per heavy atom. The minimum absolute atomic E-state index is 0.365. The van der Waals surface area contributed by atoms with Crippen molar-refractivity contribution in [1.82, 2.24) is 0 Å². The van der Waals surface area contributed by atoms with E-state index in [1.165, 1.54) is 77.9 Å². The van der Waals surface area contributed by atoms with E-state index in [9.17, 15) is 0 Å². The SMILES string of the molecule is Cc1ccc(C)c(-c2cccc3c2C=C[CH]3[Hf]([CH3])([CH3])(=[C](Cc2ccccc2)Cc2ccccc2)[CH]2C=Cc3c(-c4cc(C)ccc4C)cccc32)c1. The van der Waals surface area contributed by atoms with Gasteiger partial charge in [-0.2, -0.15) is 0 Å². The van der Waals surface area contributed by atoms with Crippen molar-refractivity contribution in [3.63, 3.8) is 0 Å². The van der Waals surface area contributed by atoms with Gasteiger partial charge in [0.2, 0.25) is 0 Å². The predicted octanol–water partition coefficient (Wildman–Crippen LogP) is 13.5. The summed E-state index contributed by atoms with van der Waals surface area (Å²) in [4.78, 5) is 0. The molecule has 2 atom stereocenters. The molecule has 0 saturated heterocycles. The Labute approximate surface area is 312 Å². The second-order valence-electron chi connectivity index (χ2n) is 16.5. The molecule has 8 rings (SSSR count). The van der Waals surface area contributed by atoms with Crippen LogP contribution in [0.25, 0.3) is 34.4 Å². The summed E-state index contributed by atoms with van der Waals surface area (Å²) in [5.41, 5.74) is 19.4. The Bertz CT molecular complexity index is 2280. The Hall–Kier alpha value is -4.46. The number of benzene rings is 6. The summed E-state index contributed by atoms with van der Waals surface area (Å²) in [5.74, 6) is 0. The van der Waals surface area contributed by atoms with E-state index in [1.807, 2.05) is 0 Å². The van der Waals surface area contributed by atoms with E-state index in [0.717, 1.165) is 12.8 Å². The molecule has 6 aromatic rings. The monoisotopic (exact) mass is 842 g/mol. The molecule has 0 bridgehead atoms. The summed E-state index contributed by atoms with van der Waals surface area (Å²) >= 11 is -4.47. The number of rotatable bonds is 8. The molecule has 2 aliphatic rings. The number of aryl methyl sites for hydroxylation is 4. The minimum atomic E-state index is -4.47. The Morgan fingerprint density at radius 3 is 1.31 bits per heavy atom. The second-order valence-corrected chi connectivity index (χ2v) is 42.2. The van der Waals surface area contributed by atoms with Crippen LogP contribution in [0, 0.1) is 27.7 Å². The zero-order chi connectivity index (χ0) is 36.1. The van der Waals surface area contributed by atoms with Crippen molar-refractivity contribution >= 4 is 15.4 Å². The van der Waals surface area contributed by atoms with Crippen LogP contribution in [0.4, 0.5) is 0 Å². The van der Waals surface area contributed by atoms with Crippen LogP contribution in [0.5, 0.6) is 0 Å². The predicted molar refractivity (Wildman–Crippen MR) is 223 cm³/mol. The normalized spacial score (nSPS) is 16.2. The van der Waals surface area contributed by atoms with E-state index in [0.29, 0.717) is 7.35 Å². The molecule has 0 radical (unpaired) electrons. The fourth-order valence-corrected chi connectivity index (χ4v) is 33.3. The molecule has 0 spiro atoms. The summed E-state index contributed by atoms with van der Waals surface area (Å²) in [6, 6.07) is 50.6. The molecule has 0 nitrogen and oxygen atoms in total. The molecular formula is C51H50Hf. The van der Waals surface area contributed by atoms with Gasteiger partial charge in [0.05, 0.1) is 0 Å². The molecule has 258 valence electrons. The van der Waals surface area contributed by atoms with E-state index >= 15 is 0 Å². The molecule has 0 heterocycles. The first-order valence-corrected chi connectivity index (χ1v) is 32.1. The fourth-order valence-electron chi connectivity index (χ4n) is 9.68. The molecule has 0 aromatic heterocycles. The molecule has 0 fully saturated rings. The third-order valence-corrected chi connectivity index (χ3v) is 39.4. The van der Waals surface area contributed by atoms with Gasteiger partial charge in [0.25, 0.3) is 0 Å². The van der Waals surface area contributed by atoms with Crippen LogP contribution in [-0.4, -0.2) is 3.26 Å². The average Bonchev–Trinajstić information content (AvgIpc) is 3.81. The van der Waals surface area contributed by atoms with Crippen molar-refractivity contribution in [2.24, 2.45) is 0 Å². The Kier molecular flexibility index (Phi) is 8.99. The van der Waals surface area contributed by atoms with Crippen LogP contribution in [-0.2, 0) is 30.9 Å². The van der Waals surface area contributed by atoms with Crippen LogP contribution in [0.3, 0.4) is 0 Å². The second kappa shape index (κ2) is 13.5. The molecular weight excluding hydrogens is 791 g/mol. The molecule has 1 heteroatoms. The van der Waals surface area contributed by atoms with Crippen LogP contribution in [0.2, 0.25) is 9.36 Å². The number of allylic oxidation sites excluding steroid dienone is 2. The van der Waals surface area contributed by atoms with Crippen molar-refractivity contribution < 1.29 is 18.0 Å². The molecule has 2 unspecified atom stereocenters. The Morgan fingerprint density at radius 1 is 0.462 bits per heavy atom. The molecule has 0 saturated carbocycles. The van der Waals surface area contributed by atoms with E-state index in [2.05, 4.69) is 195 Å². The Balaban J connectivity index is 1.41. The molecule has 0 amide bonds. The van der Waals surface area contributed by atoms with Gasteiger partial charge in [-0.1, -0.05) is 0 Å². The first kappa shape index (κ1) is 34.6. The van der Waals surface area contributed by atoms with Gasteiger partial charge in [-0.15, -0.1) is 0 Å². The van der Waals surface area contributed by atoms with Crippen LogP contribution in [0.15, 0.2) is 146 Å². The van der Waals surface area contributed by atoms with Crippen LogP contribution >= 0.6 is 0 Å². The number of hydrogen-bond acceptors (Lipinski definition) is 0. The van der Waals surface area contributed by atoms with E-state index in [1.54, 1.807) is 3.26 Å². The fraction of sp³-hybridized carbons (Fsp3) is 0.196. The summed E-state index contributed by atoms with van der Waals surface area (Å²) in [6.45, 7) is 8.94. The zero-order valence-electron chi connectivity index (χ0n) is 31.6. The maximum atomic E-state index is 2.82. The van der Waals surface area contributed by atoms with Gasteiger partial charge >= 0.3 is 314 Å². The molecule has 52 heavy (non-hydrogen) atoms. The average molecular weight is 841 g/mol. The molecule has 6 aromatic carbocycles. The van der Waals surface area contributed by atoms with Crippen molar-refractivity contribution in [1.29, 1.82) is 0 Å². The van der Waals surface area contributed by atoms with Crippen molar-refractivity contribution in [3.8, 4) is 22.3 Å². The molecule has 0 N–H and O–H groups in total. The summed E-state index contributed by atoms with van der Waals surface area (Å²) in [7, 11) is 0. The van der Waals surface area contributed by atoms with Crippen molar-refractivity contribution in [3.05, 3.63) is 201 Å². The van der Waals surface area contributed by atoms with E-state index in [-0.39, 0.29) is 0 Å². The number of fused-ring (bicyclic) bond motifs is 2. The van der Waals surface area contributed by atoms with Gasteiger partial charge in [-0.05, 0) is 0 Å². The van der Waals surface area contributed by atoms with Crippen molar-refractivity contribution in [2.75, 3.05) is 0 Å². The van der Waals surface area contributed by atoms with Gasteiger partial charge in [0, 0.05) is 0 Å². The van der Waals surface area contributed by atoms with Gasteiger partial charge in [0.15, 0.2) is 0 Å². The quantitative estimate of drug-likeness (QED) is 0.134. The van der Waals surface area contributed by atoms with Gasteiger partial charge < -0.3 is 0 Å². The van der Waals surface area contributed by atoms with Gasteiger partial charge in [-0.25, -0.2) is 0 Å². The van der Waals surface area contributed by atoms with Crippen molar-refractivity contribution in [2.45, 2.75) is 57.2 Å². The topological polar surface area (TPSA) is 0 Å². The van der Waals surface area contributed by atoms with E-state index < -0.39 is 18.0 Å². The van der Waals surface area contributed by atoms with E-state index in [4.69, 9.17) is 0 Å². The molecule has 2 aliphatic carbocycles. The summed E-state index contributed by atoms with van der Waals surface area (Å²) in [6.07, 6.45) is 12.3.